The van der Waals surface area contributed by atoms with Gasteiger partial charge in [-0.15, -0.1) is 0 Å². The van der Waals surface area contributed by atoms with Crippen LogP contribution in [-0.4, -0.2) is 21.9 Å². The Morgan fingerprint density at radius 3 is 2.05 bits per heavy atom. The number of ketones is 1. The van der Waals surface area contributed by atoms with E-state index >= 15 is 0 Å². The summed E-state index contributed by atoms with van der Waals surface area (Å²) in [6.07, 6.45) is 0.836. The Labute approximate surface area is 214 Å². The van der Waals surface area contributed by atoms with Gasteiger partial charge in [0.1, 0.15) is 23.0 Å². The highest BCUT2D eigenvalue weighted by Gasteiger charge is 2.47. The molecule has 1 unspecified atom stereocenters. The number of carbonyl (C=O) groups is 2. The van der Waals surface area contributed by atoms with Gasteiger partial charge in [-0.05, 0) is 66.1 Å². The van der Waals surface area contributed by atoms with E-state index in [1.54, 1.807) is 48.5 Å². The average Bonchev–Trinajstić information content (AvgIpc) is 3.20. The lowest BCUT2D eigenvalue weighted by Gasteiger charge is -2.25. The molecule has 6 heteroatoms. The molecule has 1 amide bonds. The fraction of sp³-hybridized carbons (Fsp3) is 0.0968. The van der Waals surface area contributed by atoms with E-state index in [1.807, 2.05) is 49.4 Å². The van der Waals surface area contributed by atoms with Gasteiger partial charge in [0.15, 0.2) is 0 Å². The lowest BCUT2D eigenvalue weighted by molar-refractivity contribution is -0.132. The number of hydrogen-bond acceptors (Lipinski definition) is 5. The van der Waals surface area contributed by atoms with Crippen LogP contribution in [0.25, 0.3) is 5.76 Å². The molecule has 4 aromatic rings. The van der Waals surface area contributed by atoms with Crippen molar-refractivity contribution in [2.45, 2.75) is 19.4 Å². The van der Waals surface area contributed by atoms with Crippen molar-refractivity contribution in [1.82, 2.24) is 0 Å². The summed E-state index contributed by atoms with van der Waals surface area (Å²) in [4.78, 5) is 28.0. The predicted molar refractivity (Wildman–Crippen MR) is 142 cm³/mol. The number of rotatable bonds is 6. The van der Waals surface area contributed by atoms with Gasteiger partial charge >= 0.3 is 0 Å². The van der Waals surface area contributed by atoms with Crippen LogP contribution in [0.4, 0.5) is 5.69 Å². The molecule has 1 fully saturated rings. The monoisotopic (exact) mass is 491 g/mol. The number of Topliss-reactive ketones (excluding diaryl/α,β-unsaturated/α-hetero) is 1. The van der Waals surface area contributed by atoms with E-state index in [4.69, 9.17) is 4.74 Å². The molecule has 6 nitrogen and oxygen atoms in total. The van der Waals surface area contributed by atoms with Gasteiger partial charge in [-0.3, -0.25) is 14.5 Å². The zero-order chi connectivity index (χ0) is 25.9. The highest BCUT2D eigenvalue weighted by atomic mass is 16.5. The minimum absolute atomic E-state index is 0.00968. The van der Waals surface area contributed by atoms with Crippen molar-refractivity contribution in [3.05, 3.63) is 125 Å². The van der Waals surface area contributed by atoms with Gasteiger partial charge in [0.05, 0.1) is 11.6 Å². The van der Waals surface area contributed by atoms with E-state index in [9.17, 15) is 19.8 Å². The highest BCUT2D eigenvalue weighted by Crippen LogP contribution is 2.43. The van der Waals surface area contributed by atoms with E-state index in [-0.39, 0.29) is 17.1 Å². The Hall–Kier alpha value is -4.84. The quantitative estimate of drug-likeness (QED) is 0.186. The van der Waals surface area contributed by atoms with Crippen LogP contribution in [-0.2, 0) is 16.0 Å². The maximum absolute atomic E-state index is 13.3. The van der Waals surface area contributed by atoms with Crippen LogP contribution in [0, 0.1) is 0 Å². The van der Waals surface area contributed by atoms with Crippen LogP contribution in [0.3, 0.4) is 0 Å². The van der Waals surface area contributed by atoms with Crippen LogP contribution < -0.4 is 9.64 Å². The van der Waals surface area contributed by atoms with E-state index in [2.05, 4.69) is 0 Å². The molecule has 0 spiro atoms. The first-order chi connectivity index (χ1) is 18.0. The molecule has 5 rings (SSSR count). The summed E-state index contributed by atoms with van der Waals surface area (Å²) in [5.41, 5.74) is 2.58. The third-order valence-corrected chi connectivity index (χ3v) is 6.38. The summed E-state index contributed by atoms with van der Waals surface area (Å²) in [5.74, 6) is -0.470. The lowest BCUT2D eigenvalue weighted by atomic mass is 9.94. The Morgan fingerprint density at radius 2 is 1.43 bits per heavy atom. The zero-order valence-corrected chi connectivity index (χ0v) is 20.2. The van der Waals surface area contributed by atoms with Gasteiger partial charge in [-0.25, -0.2) is 0 Å². The van der Waals surface area contributed by atoms with Crippen LogP contribution >= 0.6 is 0 Å². The number of aliphatic hydroxyl groups is 1. The number of anilines is 1. The minimum Gasteiger partial charge on any atom is -0.508 e. The van der Waals surface area contributed by atoms with Crippen molar-refractivity contribution >= 4 is 23.1 Å². The molecule has 0 aromatic heterocycles. The topological polar surface area (TPSA) is 87.1 Å². The van der Waals surface area contributed by atoms with E-state index in [0.717, 1.165) is 12.0 Å². The van der Waals surface area contributed by atoms with Gasteiger partial charge in [-0.1, -0.05) is 61.5 Å². The number of aliphatic hydroxyl groups excluding tert-OH is 1. The number of nitrogens with zero attached hydrogens (tertiary/aromatic N) is 1. The second kappa shape index (κ2) is 10.0. The van der Waals surface area contributed by atoms with Crippen LogP contribution in [0.5, 0.6) is 17.2 Å². The van der Waals surface area contributed by atoms with Gasteiger partial charge in [0.25, 0.3) is 11.7 Å². The number of phenolic OH excluding ortho intramolecular Hbond substituents is 1. The fourth-order valence-electron chi connectivity index (χ4n) is 4.42. The minimum atomic E-state index is -0.882. The SMILES string of the molecule is CCc1ccc(/C(O)=C2\C(=O)C(=O)N(c3ccc(Oc4ccccc4)cc3)C2c2ccc(O)cc2)cc1. The normalized spacial score (nSPS) is 16.7. The molecular formula is C31H25NO5. The van der Waals surface area contributed by atoms with E-state index in [1.165, 1.54) is 17.0 Å². The Morgan fingerprint density at radius 1 is 0.811 bits per heavy atom. The lowest BCUT2D eigenvalue weighted by Crippen LogP contribution is -2.29. The maximum Gasteiger partial charge on any atom is 0.300 e. The standard InChI is InChI=1S/C31H25NO5/c1-2-20-8-10-22(11-9-20)29(34)27-28(21-12-16-24(33)17-13-21)32(31(36)30(27)35)23-14-18-26(19-15-23)37-25-6-4-3-5-7-25/h3-19,28,33-34H,2H2,1H3/b29-27+. The summed E-state index contributed by atoms with van der Waals surface area (Å²) >= 11 is 0. The predicted octanol–water partition coefficient (Wildman–Crippen LogP) is 6.37. The van der Waals surface area contributed by atoms with Crippen molar-refractivity contribution in [3.8, 4) is 17.2 Å². The number of hydrogen-bond donors (Lipinski definition) is 2. The molecule has 0 saturated carbocycles. The molecule has 1 aliphatic heterocycles. The molecule has 184 valence electrons. The third-order valence-electron chi connectivity index (χ3n) is 6.38. The van der Waals surface area contributed by atoms with E-state index in [0.29, 0.717) is 28.3 Å². The number of amides is 1. The number of para-hydroxylation sites is 1. The Bertz CT molecular complexity index is 1460. The number of ether oxygens (including phenoxy) is 1. The molecule has 0 bridgehead atoms. The number of aryl methyl sites for hydroxylation is 1. The first kappa shape index (κ1) is 23.9. The summed E-state index contributed by atoms with van der Waals surface area (Å²) in [6.45, 7) is 2.03. The van der Waals surface area contributed by atoms with Gasteiger partial charge in [0.2, 0.25) is 0 Å². The molecule has 1 atom stereocenters. The first-order valence-electron chi connectivity index (χ1n) is 12.0. The molecular weight excluding hydrogens is 466 g/mol. The first-order valence-corrected chi connectivity index (χ1v) is 12.0. The van der Waals surface area contributed by atoms with Crippen molar-refractivity contribution in [2.75, 3.05) is 4.90 Å². The number of aromatic hydroxyl groups is 1. The number of phenols is 1. The smallest absolute Gasteiger partial charge is 0.300 e. The summed E-state index contributed by atoms with van der Waals surface area (Å²) in [5, 5.41) is 21.1. The van der Waals surface area contributed by atoms with Crippen molar-refractivity contribution in [1.29, 1.82) is 0 Å². The molecule has 4 aromatic carbocycles. The third kappa shape index (κ3) is 4.69. The molecule has 0 aliphatic carbocycles. The summed E-state index contributed by atoms with van der Waals surface area (Å²) in [6, 6.07) is 28.8. The van der Waals surface area contributed by atoms with Crippen LogP contribution in [0.1, 0.15) is 29.7 Å². The second-order valence-corrected chi connectivity index (χ2v) is 8.72. The molecule has 1 heterocycles. The van der Waals surface area contributed by atoms with Crippen molar-refractivity contribution < 1.29 is 24.5 Å². The van der Waals surface area contributed by atoms with Crippen LogP contribution in [0.15, 0.2) is 109 Å². The second-order valence-electron chi connectivity index (χ2n) is 8.72. The Kier molecular flexibility index (Phi) is 6.47. The van der Waals surface area contributed by atoms with Gasteiger partial charge < -0.3 is 14.9 Å². The van der Waals surface area contributed by atoms with Gasteiger partial charge in [-0.2, -0.15) is 0 Å². The molecule has 37 heavy (non-hydrogen) atoms. The molecule has 2 N–H and O–H groups in total. The van der Waals surface area contributed by atoms with E-state index < -0.39 is 17.7 Å². The summed E-state index contributed by atoms with van der Waals surface area (Å²) in [7, 11) is 0. The fourth-order valence-corrected chi connectivity index (χ4v) is 4.42. The number of carbonyl (C=O) groups excluding carboxylic acids is 2. The van der Waals surface area contributed by atoms with Crippen molar-refractivity contribution in [3.63, 3.8) is 0 Å². The molecule has 1 saturated heterocycles. The van der Waals surface area contributed by atoms with Gasteiger partial charge in [0, 0.05) is 11.3 Å². The maximum atomic E-state index is 13.3. The highest BCUT2D eigenvalue weighted by molar-refractivity contribution is 6.51. The van der Waals surface area contributed by atoms with Crippen LogP contribution in [0.2, 0.25) is 0 Å². The van der Waals surface area contributed by atoms with Crippen molar-refractivity contribution in [2.24, 2.45) is 0 Å². The summed E-state index contributed by atoms with van der Waals surface area (Å²) < 4.78 is 5.86. The largest absolute Gasteiger partial charge is 0.508 e. The molecule has 1 aliphatic rings. The average molecular weight is 492 g/mol. The Balaban J connectivity index is 1.57. The zero-order valence-electron chi connectivity index (χ0n) is 20.2. The molecule has 0 radical (unpaired) electrons. The number of benzene rings is 4.